The maximum atomic E-state index is 9.90. The van der Waals surface area contributed by atoms with Crippen LogP contribution in [0.15, 0.2) is 115 Å². The second-order valence-corrected chi connectivity index (χ2v) is 10.4. The summed E-state index contributed by atoms with van der Waals surface area (Å²) in [5.74, 6) is 0. The third-order valence-electron chi connectivity index (χ3n) is 7.60. The second kappa shape index (κ2) is 10.6. The molecule has 0 heterocycles. The van der Waals surface area contributed by atoms with E-state index in [4.69, 9.17) is 0 Å². The molecule has 40 heavy (non-hydrogen) atoms. The van der Waals surface area contributed by atoms with Crippen LogP contribution < -0.4 is 4.90 Å². The molecule has 0 radical (unpaired) electrons. The number of nitrogens with zero attached hydrogens (tertiary/aromatic N) is 2. The summed E-state index contributed by atoms with van der Waals surface area (Å²) in [5, 5.41) is 14.4. The van der Waals surface area contributed by atoms with Gasteiger partial charge in [0.2, 0.25) is 0 Å². The first kappa shape index (κ1) is 25.2. The maximum absolute atomic E-state index is 9.90. The zero-order valence-electron chi connectivity index (χ0n) is 23.0. The summed E-state index contributed by atoms with van der Waals surface area (Å²) in [4.78, 5) is 2.28. The lowest BCUT2D eigenvalue weighted by Gasteiger charge is -2.25. The molecule has 0 aromatic heterocycles. The average molecular weight is 515 g/mol. The third-order valence-corrected chi connectivity index (χ3v) is 7.60. The van der Waals surface area contributed by atoms with E-state index in [2.05, 4.69) is 146 Å². The van der Waals surface area contributed by atoms with E-state index in [-0.39, 0.29) is 0 Å². The second-order valence-electron chi connectivity index (χ2n) is 10.4. The highest BCUT2D eigenvalue weighted by Crippen LogP contribution is 2.36. The molecule has 0 aliphatic rings. The maximum Gasteiger partial charge on any atom is 0.100 e. The number of fused-ring (bicyclic) bond motifs is 3. The molecule has 0 unspecified atom stereocenters. The Kier molecular flexibility index (Phi) is 6.64. The molecule has 192 valence electrons. The Bertz CT molecular complexity index is 1910. The van der Waals surface area contributed by atoms with E-state index in [1.165, 1.54) is 16.5 Å². The van der Waals surface area contributed by atoms with Crippen LogP contribution >= 0.6 is 0 Å². The lowest BCUT2D eigenvalue weighted by atomic mass is 9.91. The number of aryl methyl sites for hydroxylation is 3. The summed E-state index contributed by atoms with van der Waals surface area (Å²) in [6.07, 6.45) is 4.30. The van der Waals surface area contributed by atoms with Crippen LogP contribution in [0, 0.1) is 32.1 Å². The van der Waals surface area contributed by atoms with Crippen molar-refractivity contribution in [1.82, 2.24) is 0 Å². The van der Waals surface area contributed by atoms with Crippen LogP contribution in [0.25, 0.3) is 33.7 Å². The Morgan fingerprint density at radius 1 is 0.525 bits per heavy atom. The number of rotatable bonds is 5. The highest BCUT2D eigenvalue weighted by molar-refractivity contribution is 6.12. The summed E-state index contributed by atoms with van der Waals surface area (Å²) < 4.78 is 0. The fraction of sp³-hybridized carbons (Fsp3) is 0.0789. The molecule has 6 aromatic rings. The Hall–Kier alpha value is -5.13. The number of hydrogen-bond donors (Lipinski definition) is 0. The van der Waals surface area contributed by atoms with Crippen LogP contribution in [0.2, 0.25) is 0 Å². The number of para-hydroxylation sites is 1. The first-order valence-corrected chi connectivity index (χ1v) is 13.6. The number of hydrogen-bond acceptors (Lipinski definition) is 2. The molecule has 0 spiro atoms. The quantitative estimate of drug-likeness (QED) is 0.169. The van der Waals surface area contributed by atoms with Gasteiger partial charge in [0.1, 0.15) is 6.07 Å². The molecule has 0 aliphatic heterocycles. The van der Waals surface area contributed by atoms with Crippen molar-refractivity contribution in [2.45, 2.75) is 20.8 Å². The molecule has 2 nitrogen and oxygen atoms in total. The van der Waals surface area contributed by atoms with Crippen LogP contribution in [0.3, 0.4) is 0 Å². The Morgan fingerprint density at radius 3 is 1.77 bits per heavy atom. The molecule has 0 amide bonds. The van der Waals surface area contributed by atoms with Crippen molar-refractivity contribution < 1.29 is 0 Å². The lowest BCUT2D eigenvalue weighted by molar-refractivity contribution is 1.27. The monoisotopic (exact) mass is 514 g/mol. The molecule has 0 saturated heterocycles. The van der Waals surface area contributed by atoms with Crippen LogP contribution in [-0.4, -0.2) is 0 Å². The van der Waals surface area contributed by atoms with Gasteiger partial charge < -0.3 is 4.90 Å². The van der Waals surface area contributed by atoms with Gasteiger partial charge in [-0.25, -0.2) is 0 Å². The van der Waals surface area contributed by atoms with Gasteiger partial charge in [-0.1, -0.05) is 96.1 Å². The largest absolute Gasteiger partial charge is 0.311 e. The van der Waals surface area contributed by atoms with Gasteiger partial charge in [-0.05, 0) is 96.1 Å². The van der Waals surface area contributed by atoms with Gasteiger partial charge in [0.25, 0.3) is 0 Å². The molecule has 0 saturated carbocycles. The molecule has 0 atom stereocenters. The van der Waals surface area contributed by atoms with Gasteiger partial charge in [0.15, 0.2) is 0 Å². The zero-order chi connectivity index (χ0) is 27.6. The highest BCUT2D eigenvalue weighted by Gasteiger charge is 2.13. The van der Waals surface area contributed by atoms with E-state index < -0.39 is 0 Å². The van der Waals surface area contributed by atoms with Crippen molar-refractivity contribution in [3.8, 4) is 6.07 Å². The van der Waals surface area contributed by atoms with Gasteiger partial charge >= 0.3 is 0 Å². The fourth-order valence-electron chi connectivity index (χ4n) is 5.44. The average Bonchev–Trinajstić information content (AvgIpc) is 2.99. The molecular formula is C38H30N2. The fourth-order valence-corrected chi connectivity index (χ4v) is 5.44. The Balaban J connectivity index is 1.35. The minimum absolute atomic E-state index is 0.758. The van der Waals surface area contributed by atoms with Crippen LogP contribution in [0.1, 0.15) is 33.4 Å². The van der Waals surface area contributed by atoms with E-state index in [0.717, 1.165) is 55.5 Å². The normalized spacial score (nSPS) is 11.2. The van der Waals surface area contributed by atoms with E-state index in [1.54, 1.807) is 0 Å². The minimum atomic E-state index is 0.758. The molecule has 0 aliphatic carbocycles. The highest BCUT2D eigenvalue weighted by atomic mass is 15.1. The van der Waals surface area contributed by atoms with Crippen LogP contribution in [0.4, 0.5) is 17.1 Å². The molecule has 2 heteroatoms. The van der Waals surface area contributed by atoms with Crippen molar-refractivity contribution in [2.75, 3.05) is 4.90 Å². The molecule has 6 aromatic carbocycles. The zero-order valence-corrected chi connectivity index (χ0v) is 23.0. The van der Waals surface area contributed by atoms with E-state index in [0.29, 0.717) is 0 Å². The molecule has 0 bridgehead atoms. The van der Waals surface area contributed by atoms with Crippen molar-refractivity contribution in [3.05, 3.63) is 149 Å². The molecule has 6 rings (SSSR count). The van der Waals surface area contributed by atoms with Gasteiger partial charge in [0, 0.05) is 22.4 Å². The first-order valence-electron chi connectivity index (χ1n) is 13.6. The number of anilines is 3. The minimum Gasteiger partial charge on any atom is -0.311 e. The summed E-state index contributed by atoms with van der Waals surface area (Å²) >= 11 is 0. The van der Waals surface area contributed by atoms with Gasteiger partial charge in [-0.2, -0.15) is 5.26 Å². The van der Waals surface area contributed by atoms with Crippen molar-refractivity contribution >= 4 is 50.8 Å². The van der Waals surface area contributed by atoms with E-state index in [1.807, 2.05) is 13.0 Å². The molecule has 0 fully saturated rings. The number of nitriles is 1. The SMILES string of the molecule is Cc1ccc(N(c2ccccc2)c2ccc(C=Cc3ccc4c(C#N)c(C)c5ccc(C)cc5c4c3)cc2)cc1. The van der Waals surface area contributed by atoms with Gasteiger partial charge in [-0.3, -0.25) is 0 Å². The summed E-state index contributed by atoms with van der Waals surface area (Å²) in [6, 6.07) is 43.1. The Labute approximate surface area is 236 Å². The molecule has 0 N–H and O–H groups in total. The van der Waals surface area contributed by atoms with Gasteiger partial charge in [-0.15, -0.1) is 0 Å². The molecular weight excluding hydrogens is 484 g/mol. The first-order chi connectivity index (χ1) is 19.5. The smallest absolute Gasteiger partial charge is 0.100 e. The van der Waals surface area contributed by atoms with Crippen LogP contribution in [0.5, 0.6) is 0 Å². The third kappa shape index (κ3) is 4.75. The Morgan fingerprint density at radius 2 is 1.07 bits per heavy atom. The summed E-state index contributed by atoms with van der Waals surface area (Å²) in [7, 11) is 0. The van der Waals surface area contributed by atoms with Crippen molar-refractivity contribution in [1.29, 1.82) is 5.26 Å². The summed E-state index contributed by atoms with van der Waals surface area (Å²) in [6.45, 7) is 6.27. The standard InChI is InChI=1S/C38H30N2/c1-26-9-17-32(18-10-26)40(31-7-5-4-6-8-31)33-19-14-29(15-20-33)12-13-30-16-22-35-37(24-30)36-23-27(2)11-21-34(36)28(3)38(35)25-39/h4-24H,1-3H3. The van der Waals surface area contributed by atoms with Gasteiger partial charge in [0.05, 0.1) is 5.56 Å². The lowest BCUT2D eigenvalue weighted by Crippen LogP contribution is -2.09. The topological polar surface area (TPSA) is 27.0 Å². The van der Waals surface area contributed by atoms with Crippen LogP contribution in [-0.2, 0) is 0 Å². The van der Waals surface area contributed by atoms with E-state index >= 15 is 0 Å². The van der Waals surface area contributed by atoms with E-state index in [9.17, 15) is 5.26 Å². The van der Waals surface area contributed by atoms with Crippen molar-refractivity contribution in [3.63, 3.8) is 0 Å². The predicted octanol–water partition coefficient (Wildman–Crippen LogP) is 10.4. The summed E-state index contributed by atoms with van der Waals surface area (Å²) in [5.41, 5.74) is 9.87. The predicted molar refractivity (Wildman–Crippen MR) is 170 cm³/mol. The number of benzene rings is 6. The van der Waals surface area contributed by atoms with Crippen molar-refractivity contribution in [2.24, 2.45) is 0 Å².